The lowest BCUT2D eigenvalue weighted by atomic mass is 10.2. The highest BCUT2D eigenvalue weighted by molar-refractivity contribution is 7.99. The summed E-state index contributed by atoms with van der Waals surface area (Å²) in [5, 5.41) is 3.27. The normalized spacial score (nSPS) is 10.7. The van der Waals surface area contributed by atoms with E-state index in [1.807, 2.05) is 19.9 Å². The molecule has 3 nitrogen and oxygen atoms in total. The molecule has 0 bridgehead atoms. The van der Waals surface area contributed by atoms with Crippen LogP contribution in [-0.4, -0.2) is 22.3 Å². The molecule has 0 saturated carbocycles. The Labute approximate surface area is 125 Å². The standard InChI is InChI=1S/C16H21N3S/c1-13-11-14(2)19-16(18-13)20-10-6-9-17-12-15-7-4-3-5-8-15/h3-5,7-8,11,17H,6,9-10,12H2,1-2H3/p+1. The van der Waals surface area contributed by atoms with Gasteiger partial charge in [0.1, 0.15) is 6.54 Å². The van der Waals surface area contributed by atoms with Crippen molar-refractivity contribution in [2.45, 2.75) is 32.0 Å². The van der Waals surface area contributed by atoms with E-state index in [0.717, 1.165) is 35.4 Å². The van der Waals surface area contributed by atoms with Crippen LogP contribution in [0.1, 0.15) is 23.4 Å². The summed E-state index contributed by atoms with van der Waals surface area (Å²) in [5.74, 6) is 1.08. The topological polar surface area (TPSA) is 42.4 Å². The van der Waals surface area contributed by atoms with E-state index in [9.17, 15) is 0 Å². The molecule has 2 rings (SSSR count). The van der Waals surface area contributed by atoms with Crippen LogP contribution in [0.2, 0.25) is 0 Å². The lowest BCUT2D eigenvalue weighted by molar-refractivity contribution is -0.670. The minimum absolute atomic E-state index is 0.908. The van der Waals surface area contributed by atoms with E-state index in [4.69, 9.17) is 0 Å². The molecule has 4 heteroatoms. The highest BCUT2D eigenvalue weighted by Gasteiger charge is 2.01. The van der Waals surface area contributed by atoms with Crippen LogP contribution in [-0.2, 0) is 6.54 Å². The van der Waals surface area contributed by atoms with E-state index in [-0.39, 0.29) is 0 Å². The predicted octanol–water partition coefficient (Wildman–Crippen LogP) is 2.34. The largest absolute Gasteiger partial charge is 0.342 e. The Kier molecular flexibility index (Phi) is 6.02. The fraction of sp³-hybridized carbons (Fsp3) is 0.375. The van der Waals surface area contributed by atoms with Crippen molar-refractivity contribution in [2.24, 2.45) is 0 Å². The Hall–Kier alpha value is -1.39. The van der Waals surface area contributed by atoms with Gasteiger partial charge in [0.25, 0.3) is 0 Å². The second-order valence-corrected chi connectivity index (χ2v) is 5.96. The van der Waals surface area contributed by atoms with E-state index in [1.165, 1.54) is 12.0 Å². The van der Waals surface area contributed by atoms with Gasteiger partial charge in [-0.2, -0.15) is 0 Å². The highest BCUT2D eigenvalue weighted by Crippen LogP contribution is 2.14. The third-order valence-electron chi connectivity index (χ3n) is 2.97. The van der Waals surface area contributed by atoms with Crippen LogP contribution in [0.4, 0.5) is 0 Å². The number of hydrogen-bond acceptors (Lipinski definition) is 3. The molecule has 20 heavy (non-hydrogen) atoms. The van der Waals surface area contributed by atoms with Gasteiger partial charge in [-0.1, -0.05) is 42.1 Å². The molecule has 0 fully saturated rings. The Morgan fingerprint density at radius 2 is 1.75 bits per heavy atom. The van der Waals surface area contributed by atoms with Crippen molar-refractivity contribution in [1.29, 1.82) is 0 Å². The maximum atomic E-state index is 4.44. The van der Waals surface area contributed by atoms with Gasteiger partial charge < -0.3 is 5.32 Å². The molecular formula is C16H22N3S+. The van der Waals surface area contributed by atoms with E-state index in [1.54, 1.807) is 11.8 Å². The highest BCUT2D eigenvalue weighted by atomic mass is 32.2. The second kappa shape index (κ2) is 8.02. The second-order valence-electron chi connectivity index (χ2n) is 4.90. The molecule has 0 saturated heterocycles. The summed E-state index contributed by atoms with van der Waals surface area (Å²) in [6.45, 7) is 6.25. The number of thioether (sulfide) groups is 1. The van der Waals surface area contributed by atoms with Gasteiger partial charge in [0, 0.05) is 29.1 Å². The Balaban J connectivity index is 1.62. The van der Waals surface area contributed by atoms with Crippen molar-refractivity contribution >= 4 is 11.8 Å². The van der Waals surface area contributed by atoms with Gasteiger partial charge in [0.05, 0.1) is 6.54 Å². The van der Waals surface area contributed by atoms with E-state index in [2.05, 4.69) is 45.6 Å². The Morgan fingerprint density at radius 3 is 2.45 bits per heavy atom. The summed E-state index contributed by atoms with van der Waals surface area (Å²) in [7, 11) is 0. The molecule has 0 unspecified atom stereocenters. The van der Waals surface area contributed by atoms with Gasteiger partial charge in [-0.15, -0.1) is 0 Å². The summed E-state index contributed by atoms with van der Waals surface area (Å²) < 4.78 is 0. The molecule has 0 amide bonds. The van der Waals surface area contributed by atoms with Crippen LogP contribution in [0.15, 0.2) is 41.6 Å². The minimum atomic E-state index is 0.908. The van der Waals surface area contributed by atoms with Gasteiger partial charge in [-0.05, 0) is 19.9 Å². The number of hydrogen-bond donors (Lipinski definition) is 1. The van der Waals surface area contributed by atoms with E-state index >= 15 is 0 Å². The van der Waals surface area contributed by atoms with Gasteiger partial charge in [0.2, 0.25) is 0 Å². The summed E-state index contributed by atoms with van der Waals surface area (Å²) in [4.78, 5) is 8.88. The number of benzene rings is 1. The summed E-state index contributed by atoms with van der Waals surface area (Å²) >= 11 is 1.75. The van der Waals surface area contributed by atoms with Crippen LogP contribution in [0, 0.1) is 13.8 Å². The minimum Gasteiger partial charge on any atom is -0.342 e. The van der Waals surface area contributed by atoms with Gasteiger partial charge >= 0.3 is 0 Å². The zero-order chi connectivity index (χ0) is 14.2. The lowest BCUT2D eigenvalue weighted by Gasteiger charge is -2.03. The summed E-state index contributed by atoms with van der Waals surface area (Å²) in [6.07, 6.45) is 1.17. The average Bonchev–Trinajstić information content (AvgIpc) is 2.43. The van der Waals surface area contributed by atoms with Crippen molar-refractivity contribution in [1.82, 2.24) is 9.97 Å². The van der Waals surface area contributed by atoms with Gasteiger partial charge in [-0.25, -0.2) is 9.97 Å². The van der Waals surface area contributed by atoms with Crippen LogP contribution in [0.3, 0.4) is 0 Å². The smallest absolute Gasteiger partial charge is 0.187 e. The number of aryl methyl sites for hydroxylation is 2. The number of nitrogens with two attached hydrogens (primary N) is 1. The number of rotatable bonds is 7. The molecule has 0 radical (unpaired) electrons. The third kappa shape index (κ3) is 5.31. The molecule has 0 aliphatic rings. The quantitative estimate of drug-likeness (QED) is 0.483. The van der Waals surface area contributed by atoms with Crippen LogP contribution < -0.4 is 5.32 Å². The van der Waals surface area contributed by atoms with Crippen molar-refractivity contribution in [3.63, 3.8) is 0 Å². The molecule has 0 aliphatic heterocycles. The zero-order valence-electron chi connectivity index (χ0n) is 12.2. The fourth-order valence-corrected chi connectivity index (χ4v) is 2.94. The van der Waals surface area contributed by atoms with Crippen LogP contribution in [0.5, 0.6) is 0 Å². The fourth-order valence-electron chi connectivity index (χ4n) is 2.03. The monoisotopic (exact) mass is 288 g/mol. The first-order chi connectivity index (χ1) is 9.74. The van der Waals surface area contributed by atoms with Crippen molar-refractivity contribution in [3.05, 3.63) is 53.3 Å². The number of aromatic nitrogens is 2. The molecule has 0 atom stereocenters. The average molecular weight is 288 g/mol. The number of quaternary nitrogens is 1. The molecule has 0 aliphatic carbocycles. The van der Waals surface area contributed by atoms with Crippen molar-refractivity contribution in [2.75, 3.05) is 12.3 Å². The molecule has 2 N–H and O–H groups in total. The Morgan fingerprint density at radius 1 is 1.05 bits per heavy atom. The van der Waals surface area contributed by atoms with Gasteiger partial charge in [-0.3, -0.25) is 0 Å². The summed E-state index contributed by atoms with van der Waals surface area (Å²) in [5.41, 5.74) is 3.49. The van der Waals surface area contributed by atoms with Gasteiger partial charge in [0.15, 0.2) is 5.16 Å². The maximum Gasteiger partial charge on any atom is 0.187 e. The predicted molar refractivity (Wildman–Crippen MR) is 83.8 cm³/mol. The summed E-state index contributed by atoms with van der Waals surface area (Å²) in [6, 6.07) is 12.6. The van der Waals surface area contributed by atoms with E-state index < -0.39 is 0 Å². The first-order valence-corrected chi connectivity index (χ1v) is 8.03. The zero-order valence-corrected chi connectivity index (χ0v) is 13.0. The van der Waals surface area contributed by atoms with Crippen molar-refractivity contribution in [3.8, 4) is 0 Å². The molecule has 0 spiro atoms. The van der Waals surface area contributed by atoms with Crippen LogP contribution in [0.25, 0.3) is 0 Å². The molecule has 1 aromatic heterocycles. The third-order valence-corrected chi connectivity index (χ3v) is 3.90. The molecular weight excluding hydrogens is 266 g/mol. The van der Waals surface area contributed by atoms with E-state index in [0.29, 0.717) is 0 Å². The molecule has 1 aromatic carbocycles. The first kappa shape index (κ1) is 15.0. The first-order valence-electron chi connectivity index (χ1n) is 7.05. The van der Waals surface area contributed by atoms with Crippen molar-refractivity contribution < 1.29 is 5.32 Å². The molecule has 2 aromatic rings. The SMILES string of the molecule is Cc1cc(C)nc(SCCC[NH2+]Cc2ccccc2)n1. The molecule has 106 valence electrons. The Bertz CT molecular complexity index is 508. The maximum absolute atomic E-state index is 4.44. The number of nitrogens with zero attached hydrogens (tertiary/aromatic N) is 2. The lowest BCUT2D eigenvalue weighted by Crippen LogP contribution is -2.82. The molecule has 1 heterocycles. The van der Waals surface area contributed by atoms with Crippen LogP contribution >= 0.6 is 11.8 Å².